The van der Waals surface area contributed by atoms with Gasteiger partial charge in [0.1, 0.15) is 0 Å². The second-order valence-corrected chi connectivity index (χ2v) is 4.73. The highest BCUT2D eigenvalue weighted by atomic mass is 32.2. The predicted octanol–water partition coefficient (Wildman–Crippen LogP) is 1.61. The molecule has 0 aromatic rings. The van der Waals surface area contributed by atoms with Crippen molar-refractivity contribution in [3.8, 4) is 0 Å². The molecule has 0 saturated carbocycles. The highest BCUT2D eigenvalue weighted by Gasteiger charge is 2.35. The van der Waals surface area contributed by atoms with Crippen molar-refractivity contribution < 1.29 is 4.79 Å². The van der Waals surface area contributed by atoms with E-state index in [4.69, 9.17) is 0 Å². The lowest BCUT2D eigenvalue weighted by atomic mass is 10.0. The lowest BCUT2D eigenvalue weighted by molar-refractivity contribution is 0.528. The Hall–Kier alpha value is -0.270. The first-order chi connectivity index (χ1) is 4.67. The number of carbonyl (C=O) groups excluding carboxylic acids is 1. The summed E-state index contributed by atoms with van der Waals surface area (Å²) in [6, 6.07) is 0.190. The van der Waals surface area contributed by atoms with E-state index < -0.39 is 0 Å². The van der Waals surface area contributed by atoms with Crippen molar-refractivity contribution in [2.75, 3.05) is 5.75 Å². The van der Waals surface area contributed by atoms with Gasteiger partial charge in [0.2, 0.25) is 6.08 Å². The summed E-state index contributed by atoms with van der Waals surface area (Å²) in [6.07, 6.45) is 2.65. The first kappa shape index (κ1) is 7.83. The average molecular weight is 157 g/mol. The van der Waals surface area contributed by atoms with Crippen LogP contribution in [0.15, 0.2) is 4.99 Å². The normalized spacial score (nSPS) is 29.6. The summed E-state index contributed by atoms with van der Waals surface area (Å²) in [5.41, 5.74) is 0. The van der Waals surface area contributed by atoms with Gasteiger partial charge in [-0.05, 0) is 26.0 Å². The van der Waals surface area contributed by atoms with Gasteiger partial charge in [0, 0.05) is 4.75 Å². The van der Waals surface area contributed by atoms with Gasteiger partial charge >= 0.3 is 0 Å². The van der Waals surface area contributed by atoms with E-state index in [1.807, 2.05) is 11.8 Å². The number of hydrogen-bond acceptors (Lipinski definition) is 3. The summed E-state index contributed by atoms with van der Waals surface area (Å²) in [6.45, 7) is 4.24. The largest absolute Gasteiger partial charge is 0.235 e. The molecule has 0 bridgehead atoms. The molecule has 1 aliphatic heterocycles. The quantitative estimate of drug-likeness (QED) is 0.427. The van der Waals surface area contributed by atoms with Crippen LogP contribution in [0.4, 0.5) is 0 Å². The number of isocyanates is 1. The van der Waals surface area contributed by atoms with Crippen LogP contribution < -0.4 is 0 Å². The number of hydrogen-bond donors (Lipinski definition) is 0. The standard InChI is InChI=1S/C7H11NOS/c1-7(2)6(8-5-9)3-4-10-7/h6H,3-4H2,1-2H3. The van der Waals surface area contributed by atoms with E-state index >= 15 is 0 Å². The van der Waals surface area contributed by atoms with E-state index in [2.05, 4.69) is 18.8 Å². The Morgan fingerprint density at radius 2 is 2.40 bits per heavy atom. The van der Waals surface area contributed by atoms with Crippen LogP contribution >= 0.6 is 11.8 Å². The lowest BCUT2D eigenvalue weighted by Crippen LogP contribution is -2.25. The molecule has 0 aromatic heterocycles. The Bertz CT molecular complexity index is 172. The molecule has 1 heterocycles. The van der Waals surface area contributed by atoms with E-state index in [0.717, 1.165) is 12.2 Å². The molecular formula is C7H11NOS. The van der Waals surface area contributed by atoms with Gasteiger partial charge < -0.3 is 0 Å². The molecule has 56 valence electrons. The van der Waals surface area contributed by atoms with Gasteiger partial charge in [0.05, 0.1) is 6.04 Å². The molecule has 1 saturated heterocycles. The maximum Gasteiger partial charge on any atom is 0.235 e. The zero-order valence-corrected chi connectivity index (χ0v) is 7.07. The lowest BCUT2D eigenvalue weighted by Gasteiger charge is -2.20. The van der Waals surface area contributed by atoms with E-state index in [9.17, 15) is 4.79 Å². The molecule has 0 aromatic carbocycles. The molecule has 2 nitrogen and oxygen atoms in total. The van der Waals surface area contributed by atoms with Crippen molar-refractivity contribution in [3.05, 3.63) is 0 Å². The van der Waals surface area contributed by atoms with Crippen LogP contribution in [0.1, 0.15) is 20.3 Å². The molecule has 1 fully saturated rings. The Labute approximate surface area is 65.1 Å². The fraction of sp³-hybridized carbons (Fsp3) is 0.857. The van der Waals surface area contributed by atoms with Crippen molar-refractivity contribution in [2.24, 2.45) is 4.99 Å². The van der Waals surface area contributed by atoms with Gasteiger partial charge in [0.15, 0.2) is 0 Å². The minimum Gasteiger partial charge on any atom is -0.211 e. The molecule has 0 aliphatic carbocycles. The summed E-state index contributed by atoms with van der Waals surface area (Å²) in [7, 11) is 0. The summed E-state index contributed by atoms with van der Waals surface area (Å²) >= 11 is 1.87. The van der Waals surface area contributed by atoms with Gasteiger partial charge in [-0.2, -0.15) is 11.8 Å². The van der Waals surface area contributed by atoms with Crippen molar-refractivity contribution >= 4 is 17.8 Å². The molecule has 0 radical (unpaired) electrons. The molecule has 3 heteroatoms. The summed E-state index contributed by atoms with van der Waals surface area (Å²) < 4.78 is 0.150. The van der Waals surface area contributed by atoms with Gasteiger partial charge in [-0.25, -0.2) is 9.79 Å². The van der Waals surface area contributed by atoms with E-state index in [-0.39, 0.29) is 10.8 Å². The molecule has 0 amide bonds. The van der Waals surface area contributed by atoms with Crippen LogP contribution in [0, 0.1) is 0 Å². The third-order valence-electron chi connectivity index (χ3n) is 1.88. The average Bonchev–Trinajstić information content (AvgIpc) is 2.13. The third-order valence-corrected chi connectivity index (χ3v) is 3.33. The minimum absolute atomic E-state index is 0.150. The van der Waals surface area contributed by atoms with Crippen molar-refractivity contribution in [3.63, 3.8) is 0 Å². The summed E-state index contributed by atoms with van der Waals surface area (Å²) in [5.74, 6) is 1.11. The van der Waals surface area contributed by atoms with E-state index in [0.29, 0.717) is 0 Å². The van der Waals surface area contributed by atoms with Gasteiger partial charge in [-0.1, -0.05) is 0 Å². The Balaban J connectivity index is 2.68. The van der Waals surface area contributed by atoms with Crippen LogP contribution in [-0.2, 0) is 4.79 Å². The predicted molar refractivity (Wildman–Crippen MR) is 43.1 cm³/mol. The topological polar surface area (TPSA) is 29.4 Å². The fourth-order valence-corrected chi connectivity index (χ4v) is 2.39. The van der Waals surface area contributed by atoms with E-state index in [1.54, 1.807) is 6.08 Å². The maximum absolute atomic E-state index is 9.95. The minimum atomic E-state index is 0.150. The zero-order valence-electron chi connectivity index (χ0n) is 6.26. The van der Waals surface area contributed by atoms with Crippen LogP contribution in [0.3, 0.4) is 0 Å². The summed E-state index contributed by atoms with van der Waals surface area (Å²) in [4.78, 5) is 13.7. The molecule has 1 aliphatic rings. The number of nitrogens with zero attached hydrogens (tertiary/aromatic N) is 1. The van der Waals surface area contributed by atoms with Crippen molar-refractivity contribution in [1.29, 1.82) is 0 Å². The molecule has 1 atom stereocenters. The third kappa shape index (κ3) is 1.41. The van der Waals surface area contributed by atoms with Crippen molar-refractivity contribution in [2.45, 2.75) is 31.1 Å². The van der Waals surface area contributed by atoms with Crippen LogP contribution in [0.25, 0.3) is 0 Å². The number of thioether (sulfide) groups is 1. The molecule has 10 heavy (non-hydrogen) atoms. The second kappa shape index (κ2) is 2.77. The van der Waals surface area contributed by atoms with Gasteiger partial charge in [0.25, 0.3) is 0 Å². The Morgan fingerprint density at radius 1 is 1.70 bits per heavy atom. The van der Waals surface area contributed by atoms with Gasteiger partial charge in [-0.15, -0.1) is 0 Å². The molecule has 1 rings (SSSR count). The van der Waals surface area contributed by atoms with Crippen LogP contribution in [0.2, 0.25) is 0 Å². The van der Waals surface area contributed by atoms with Crippen LogP contribution in [0.5, 0.6) is 0 Å². The van der Waals surface area contributed by atoms with Crippen molar-refractivity contribution in [1.82, 2.24) is 0 Å². The molecule has 0 spiro atoms. The number of aliphatic imine (C=N–C) groups is 1. The van der Waals surface area contributed by atoms with Gasteiger partial charge in [-0.3, -0.25) is 0 Å². The zero-order chi connectivity index (χ0) is 7.61. The Morgan fingerprint density at radius 3 is 2.80 bits per heavy atom. The second-order valence-electron chi connectivity index (χ2n) is 2.98. The SMILES string of the molecule is CC1(C)SCCC1N=C=O. The number of rotatable bonds is 1. The highest BCUT2D eigenvalue weighted by molar-refractivity contribution is 8.00. The molecular weight excluding hydrogens is 146 g/mol. The Kier molecular flexibility index (Phi) is 2.17. The fourth-order valence-electron chi connectivity index (χ4n) is 1.16. The molecule has 0 N–H and O–H groups in total. The van der Waals surface area contributed by atoms with Crippen LogP contribution in [-0.4, -0.2) is 22.6 Å². The monoisotopic (exact) mass is 157 g/mol. The molecule has 1 unspecified atom stereocenters. The first-order valence-electron chi connectivity index (χ1n) is 3.38. The smallest absolute Gasteiger partial charge is 0.211 e. The summed E-state index contributed by atoms with van der Waals surface area (Å²) in [5, 5.41) is 0. The van der Waals surface area contributed by atoms with E-state index in [1.165, 1.54) is 0 Å². The highest BCUT2D eigenvalue weighted by Crippen LogP contribution is 2.38. The first-order valence-corrected chi connectivity index (χ1v) is 4.36. The maximum atomic E-state index is 9.95.